The summed E-state index contributed by atoms with van der Waals surface area (Å²) in [6.45, 7) is 2.23. The summed E-state index contributed by atoms with van der Waals surface area (Å²) in [6, 6.07) is 7.16. The van der Waals surface area contributed by atoms with Gasteiger partial charge in [0.15, 0.2) is 0 Å². The van der Waals surface area contributed by atoms with Crippen LogP contribution < -0.4 is 10.6 Å². The number of furan rings is 1. The van der Waals surface area contributed by atoms with E-state index in [0.717, 1.165) is 11.5 Å². The monoisotopic (exact) mass is 245 g/mol. The number of hydrogen-bond donors (Lipinski definition) is 2. The molecule has 2 aromatic heterocycles. The van der Waals surface area contributed by atoms with Crippen LogP contribution in [0.1, 0.15) is 21.9 Å². The van der Waals surface area contributed by atoms with E-state index in [0.29, 0.717) is 17.9 Å². The van der Waals surface area contributed by atoms with Gasteiger partial charge >= 0.3 is 0 Å². The lowest BCUT2D eigenvalue weighted by atomic mass is 10.2. The van der Waals surface area contributed by atoms with Crippen LogP contribution in [0.15, 0.2) is 34.9 Å². The van der Waals surface area contributed by atoms with Crippen LogP contribution in [-0.2, 0) is 6.54 Å². The molecule has 5 heteroatoms. The highest BCUT2D eigenvalue weighted by Crippen LogP contribution is 2.11. The summed E-state index contributed by atoms with van der Waals surface area (Å²) in [7, 11) is 1.73. The van der Waals surface area contributed by atoms with Crippen molar-refractivity contribution in [1.29, 1.82) is 0 Å². The van der Waals surface area contributed by atoms with Gasteiger partial charge in [-0.25, -0.2) is 4.98 Å². The lowest BCUT2D eigenvalue weighted by Crippen LogP contribution is -2.23. The first kappa shape index (κ1) is 12.2. The van der Waals surface area contributed by atoms with Gasteiger partial charge in [-0.1, -0.05) is 0 Å². The van der Waals surface area contributed by atoms with Gasteiger partial charge in [0.1, 0.15) is 17.3 Å². The second-order valence-corrected chi connectivity index (χ2v) is 3.84. The van der Waals surface area contributed by atoms with Crippen LogP contribution in [0.3, 0.4) is 0 Å². The molecule has 2 heterocycles. The minimum atomic E-state index is -0.179. The van der Waals surface area contributed by atoms with Gasteiger partial charge < -0.3 is 15.1 Å². The Morgan fingerprint density at radius 1 is 1.39 bits per heavy atom. The van der Waals surface area contributed by atoms with Crippen LogP contribution in [0.2, 0.25) is 0 Å². The maximum absolute atomic E-state index is 12.0. The highest BCUT2D eigenvalue weighted by molar-refractivity contribution is 5.98. The van der Waals surface area contributed by atoms with Gasteiger partial charge in [-0.2, -0.15) is 0 Å². The number of pyridine rings is 1. The molecular weight excluding hydrogens is 230 g/mol. The number of aromatic nitrogens is 1. The van der Waals surface area contributed by atoms with E-state index < -0.39 is 0 Å². The van der Waals surface area contributed by atoms with Gasteiger partial charge in [0, 0.05) is 13.2 Å². The molecule has 0 saturated carbocycles. The molecule has 2 aromatic rings. The molecule has 5 nitrogen and oxygen atoms in total. The summed E-state index contributed by atoms with van der Waals surface area (Å²) in [6.07, 6.45) is 1.64. The van der Waals surface area contributed by atoms with Crippen LogP contribution in [0.25, 0.3) is 0 Å². The average molecular weight is 245 g/mol. The van der Waals surface area contributed by atoms with E-state index in [1.807, 2.05) is 19.1 Å². The highest BCUT2D eigenvalue weighted by atomic mass is 16.3. The first-order chi connectivity index (χ1) is 8.70. The highest BCUT2D eigenvalue weighted by Gasteiger charge is 2.11. The number of nitrogens with zero attached hydrogens (tertiary/aromatic N) is 1. The van der Waals surface area contributed by atoms with E-state index in [1.165, 1.54) is 0 Å². The summed E-state index contributed by atoms with van der Waals surface area (Å²) in [4.78, 5) is 16.1. The van der Waals surface area contributed by atoms with Crippen LogP contribution in [0, 0.1) is 6.92 Å². The molecule has 0 atom stereocenters. The third-order valence-electron chi connectivity index (χ3n) is 2.51. The standard InChI is InChI=1S/C13H15N3O2/c1-9-5-6-10(18-9)8-16-13(17)11-4-3-7-15-12(11)14-2/h3-7H,8H2,1-2H3,(H,14,15)(H,16,17). The first-order valence-electron chi connectivity index (χ1n) is 5.67. The number of anilines is 1. The van der Waals surface area contributed by atoms with Gasteiger partial charge in [0.05, 0.1) is 12.1 Å². The van der Waals surface area contributed by atoms with E-state index >= 15 is 0 Å². The van der Waals surface area contributed by atoms with Crippen molar-refractivity contribution in [3.8, 4) is 0 Å². The first-order valence-corrected chi connectivity index (χ1v) is 5.67. The Morgan fingerprint density at radius 3 is 2.89 bits per heavy atom. The van der Waals surface area contributed by atoms with Crippen molar-refractivity contribution in [3.63, 3.8) is 0 Å². The van der Waals surface area contributed by atoms with Crippen molar-refractivity contribution in [1.82, 2.24) is 10.3 Å². The zero-order chi connectivity index (χ0) is 13.0. The topological polar surface area (TPSA) is 67.2 Å². The summed E-state index contributed by atoms with van der Waals surface area (Å²) >= 11 is 0. The molecule has 0 spiro atoms. The molecule has 0 aliphatic carbocycles. The Morgan fingerprint density at radius 2 is 2.22 bits per heavy atom. The number of carbonyl (C=O) groups is 1. The van der Waals surface area contributed by atoms with Crippen molar-refractivity contribution < 1.29 is 9.21 Å². The van der Waals surface area contributed by atoms with Crippen LogP contribution in [-0.4, -0.2) is 17.9 Å². The van der Waals surface area contributed by atoms with E-state index in [9.17, 15) is 4.79 Å². The Balaban J connectivity index is 2.03. The second-order valence-electron chi connectivity index (χ2n) is 3.84. The lowest BCUT2D eigenvalue weighted by Gasteiger charge is -2.07. The van der Waals surface area contributed by atoms with Crippen LogP contribution >= 0.6 is 0 Å². The Kier molecular flexibility index (Phi) is 3.62. The van der Waals surface area contributed by atoms with Crippen molar-refractivity contribution in [3.05, 3.63) is 47.5 Å². The largest absolute Gasteiger partial charge is 0.465 e. The predicted molar refractivity (Wildman–Crippen MR) is 68.4 cm³/mol. The molecule has 0 bridgehead atoms. The summed E-state index contributed by atoms with van der Waals surface area (Å²) in [5.74, 6) is 1.94. The zero-order valence-electron chi connectivity index (χ0n) is 10.4. The minimum Gasteiger partial charge on any atom is -0.465 e. The maximum Gasteiger partial charge on any atom is 0.255 e. The van der Waals surface area contributed by atoms with Crippen molar-refractivity contribution >= 4 is 11.7 Å². The average Bonchev–Trinajstić information content (AvgIpc) is 2.81. The molecule has 0 aromatic carbocycles. The number of aryl methyl sites for hydroxylation is 1. The molecule has 0 aliphatic rings. The van der Waals surface area contributed by atoms with Gasteiger partial charge in [-0.15, -0.1) is 0 Å². The molecule has 0 aliphatic heterocycles. The fourth-order valence-corrected chi connectivity index (χ4v) is 1.63. The van der Waals surface area contributed by atoms with Crippen molar-refractivity contribution in [2.45, 2.75) is 13.5 Å². The van der Waals surface area contributed by atoms with E-state index in [2.05, 4.69) is 15.6 Å². The third-order valence-corrected chi connectivity index (χ3v) is 2.51. The second kappa shape index (κ2) is 5.35. The molecule has 0 saturated heterocycles. The molecule has 0 radical (unpaired) electrons. The molecule has 0 unspecified atom stereocenters. The van der Waals surface area contributed by atoms with E-state index in [4.69, 9.17) is 4.42 Å². The van der Waals surface area contributed by atoms with Crippen LogP contribution in [0.5, 0.6) is 0 Å². The normalized spacial score (nSPS) is 10.1. The molecule has 0 fully saturated rings. The van der Waals surface area contributed by atoms with Gasteiger partial charge in [-0.3, -0.25) is 4.79 Å². The number of rotatable bonds is 4. The third kappa shape index (κ3) is 2.68. The molecule has 18 heavy (non-hydrogen) atoms. The predicted octanol–water partition coefficient (Wildman–Crippen LogP) is 1.95. The number of hydrogen-bond acceptors (Lipinski definition) is 4. The summed E-state index contributed by atoms with van der Waals surface area (Å²) in [5, 5.41) is 5.67. The SMILES string of the molecule is CNc1ncccc1C(=O)NCc1ccc(C)o1. The van der Waals surface area contributed by atoms with E-state index in [-0.39, 0.29) is 5.91 Å². The van der Waals surface area contributed by atoms with Gasteiger partial charge in [-0.05, 0) is 31.2 Å². The number of nitrogens with one attached hydrogen (secondary N) is 2. The van der Waals surface area contributed by atoms with Crippen LogP contribution in [0.4, 0.5) is 5.82 Å². The fourth-order valence-electron chi connectivity index (χ4n) is 1.63. The minimum absolute atomic E-state index is 0.179. The maximum atomic E-state index is 12.0. The molecule has 2 N–H and O–H groups in total. The quantitative estimate of drug-likeness (QED) is 0.864. The number of amides is 1. The zero-order valence-corrected chi connectivity index (χ0v) is 10.4. The summed E-state index contributed by atoms with van der Waals surface area (Å²) in [5.41, 5.74) is 0.517. The Bertz CT molecular complexity index is 549. The fraction of sp³-hybridized carbons (Fsp3) is 0.231. The van der Waals surface area contributed by atoms with E-state index in [1.54, 1.807) is 25.4 Å². The Hall–Kier alpha value is -2.30. The smallest absolute Gasteiger partial charge is 0.255 e. The molecule has 2 rings (SSSR count). The summed E-state index contributed by atoms with van der Waals surface area (Å²) < 4.78 is 5.38. The lowest BCUT2D eigenvalue weighted by molar-refractivity contribution is 0.0948. The molecule has 1 amide bonds. The van der Waals surface area contributed by atoms with Gasteiger partial charge in [0.2, 0.25) is 0 Å². The molecular formula is C13H15N3O2. The number of carbonyl (C=O) groups excluding carboxylic acids is 1. The van der Waals surface area contributed by atoms with Crippen molar-refractivity contribution in [2.75, 3.05) is 12.4 Å². The van der Waals surface area contributed by atoms with Crippen molar-refractivity contribution in [2.24, 2.45) is 0 Å². The molecule has 94 valence electrons. The van der Waals surface area contributed by atoms with Gasteiger partial charge in [0.25, 0.3) is 5.91 Å². The Labute approximate surface area is 105 Å².